The lowest BCUT2D eigenvalue weighted by atomic mass is 9.98. The highest BCUT2D eigenvalue weighted by Crippen LogP contribution is 2.24. The fourth-order valence-electron chi connectivity index (χ4n) is 3.78. The van der Waals surface area contributed by atoms with E-state index in [1.165, 1.54) is 5.69 Å². The highest BCUT2D eigenvalue weighted by Gasteiger charge is 2.30. The molecule has 0 spiro atoms. The number of carbonyl (C=O) groups is 2. The molecule has 2 aliphatic rings. The summed E-state index contributed by atoms with van der Waals surface area (Å²) < 4.78 is 5.61. The van der Waals surface area contributed by atoms with Crippen LogP contribution < -0.4 is 4.90 Å². The zero-order valence-corrected chi connectivity index (χ0v) is 15.0. The van der Waals surface area contributed by atoms with Gasteiger partial charge in [0, 0.05) is 44.2 Å². The molecular weight excluding hydrogens is 316 g/mol. The third-order valence-electron chi connectivity index (χ3n) is 5.28. The second-order valence-electron chi connectivity index (χ2n) is 7.10. The first-order valence-electron chi connectivity index (χ1n) is 9.41. The van der Waals surface area contributed by atoms with E-state index in [9.17, 15) is 9.59 Å². The standard InChI is InChI=1S/C20H28N2O3/c1-2-19(23)22-11-6-7-17(14-22)20(24)25-15-16-10-12-21(13-16)18-8-4-3-5-9-18/h3-5,8-9,16-17H,2,6-7,10-15H2,1H3/t16-,17+/m1/s1. The van der Waals surface area contributed by atoms with Gasteiger partial charge in [-0.15, -0.1) is 0 Å². The van der Waals surface area contributed by atoms with Gasteiger partial charge < -0.3 is 14.5 Å². The molecule has 2 saturated heterocycles. The van der Waals surface area contributed by atoms with Crippen LogP contribution in [0.15, 0.2) is 30.3 Å². The van der Waals surface area contributed by atoms with E-state index in [0.29, 0.717) is 25.5 Å². The SMILES string of the molecule is CCC(=O)N1CCC[C@H](C(=O)OC[C@@H]2CCN(c3ccccc3)C2)C1. The molecule has 0 aliphatic carbocycles. The van der Waals surface area contributed by atoms with Crippen molar-refractivity contribution in [3.8, 4) is 0 Å². The molecule has 1 amide bonds. The minimum atomic E-state index is -0.157. The van der Waals surface area contributed by atoms with Gasteiger partial charge in [0.2, 0.25) is 5.91 Å². The Kier molecular flexibility index (Phi) is 5.95. The average molecular weight is 344 g/mol. The molecule has 0 aromatic heterocycles. The maximum absolute atomic E-state index is 12.4. The number of para-hydroxylation sites is 1. The fourth-order valence-corrected chi connectivity index (χ4v) is 3.78. The van der Waals surface area contributed by atoms with E-state index in [1.54, 1.807) is 0 Å². The number of nitrogens with zero attached hydrogens (tertiary/aromatic N) is 2. The first-order chi connectivity index (χ1) is 12.2. The van der Waals surface area contributed by atoms with Crippen LogP contribution in [0.25, 0.3) is 0 Å². The number of hydrogen-bond donors (Lipinski definition) is 0. The first kappa shape index (κ1) is 17.8. The van der Waals surface area contributed by atoms with Gasteiger partial charge in [0.25, 0.3) is 0 Å². The summed E-state index contributed by atoms with van der Waals surface area (Å²) in [6.07, 6.45) is 3.26. The van der Waals surface area contributed by atoms with E-state index in [2.05, 4.69) is 29.2 Å². The molecule has 0 N–H and O–H groups in total. The predicted octanol–water partition coefficient (Wildman–Crippen LogP) is 2.70. The van der Waals surface area contributed by atoms with Crippen molar-refractivity contribution in [2.45, 2.75) is 32.6 Å². The van der Waals surface area contributed by atoms with Crippen molar-refractivity contribution in [2.24, 2.45) is 11.8 Å². The number of rotatable bonds is 5. The van der Waals surface area contributed by atoms with Crippen LogP contribution in [0.3, 0.4) is 0 Å². The Labute approximate surface area is 149 Å². The van der Waals surface area contributed by atoms with E-state index in [4.69, 9.17) is 4.74 Å². The number of piperidine rings is 1. The van der Waals surface area contributed by atoms with Gasteiger partial charge in [0.1, 0.15) is 0 Å². The molecule has 0 unspecified atom stereocenters. The van der Waals surface area contributed by atoms with Crippen molar-refractivity contribution in [1.82, 2.24) is 4.90 Å². The lowest BCUT2D eigenvalue weighted by molar-refractivity contribution is -0.152. The molecule has 0 saturated carbocycles. The van der Waals surface area contributed by atoms with Crippen molar-refractivity contribution >= 4 is 17.6 Å². The molecule has 0 radical (unpaired) electrons. The molecule has 5 nitrogen and oxygen atoms in total. The topological polar surface area (TPSA) is 49.9 Å². The van der Waals surface area contributed by atoms with Crippen LogP contribution in [0, 0.1) is 11.8 Å². The molecule has 1 aromatic rings. The van der Waals surface area contributed by atoms with Crippen LogP contribution in [0.1, 0.15) is 32.6 Å². The predicted molar refractivity (Wildman–Crippen MR) is 97.3 cm³/mol. The fraction of sp³-hybridized carbons (Fsp3) is 0.600. The molecule has 2 heterocycles. The Morgan fingerprint density at radius 3 is 2.68 bits per heavy atom. The summed E-state index contributed by atoms with van der Waals surface area (Å²) in [7, 11) is 0. The molecule has 2 aliphatic heterocycles. The molecule has 5 heteroatoms. The zero-order chi connectivity index (χ0) is 17.6. The summed E-state index contributed by atoms with van der Waals surface area (Å²) in [6, 6.07) is 10.4. The summed E-state index contributed by atoms with van der Waals surface area (Å²) >= 11 is 0. The van der Waals surface area contributed by atoms with E-state index < -0.39 is 0 Å². The van der Waals surface area contributed by atoms with Gasteiger partial charge in [0.05, 0.1) is 12.5 Å². The summed E-state index contributed by atoms with van der Waals surface area (Å²) in [4.78, 5) is 28.4. The van der Waals surface area contributed by atoms with Gasteiger partial charge in [-0.2, -0.15) is 0 Å². The van der Waals surface area contributed by atoms with Crippen molar-refractivity contribution in [2.75, 3.05) is 37.7 Å². The van der Waals surface area contributed by atoms with Gasteiger partial charge in [-0.1, -0.05) is 25.1 Å². The second kappa shape index (κ2) is 8.37. The number of anilines is 1. The second-order valence-corrected chi connectivity index (χ2v) is 7.10. The Balaban J connectivity index is 1.44. The molecule has 136 valence electrons. The van der Waals surface area contributed by atoms with E-state index >= 15 is 0 Å². The summed E-state index contributed by atoms with van der Waals surface area (Å²) in [5.74, 6) is 0.232. The van der Waals surface area contributed by atoms with Crippen LogP contribution in [0.4, 0.5) is 5.69 Å². The zero-order valence-electron chi connectivity index (χ0n) is 15.0. The van der Waals surface area contributed by atoms with E-state index in [1.807, 2.05) is 17.9 Å². The molecule has 25 heavy (non-hydrogen) atoms. The van der Waals surface area contributed by atoms with Gasteiger partial charge in [0.15, 0.2) is 0 Å². The van der Waals surface area contributed by atoms with Crippen LogP contribution >= 0.6 is 0 Å². The summed E-state index contributed by atoms with van der Waals surface area (Å²) in [6.45, 7) is 5.58. The monoisotopic (exact) mass is 344 g/mol. The normalized spacial score (nSPS) is 23.6. The van der Waals surface area contributed by atoms with Crippen LogP contribution in [0.2, 0.25) is 0 Å². The third-order valence-corrected chi connectivity index (χ3v) is 5.28. The van der Waals surface area contributed by atoms with Crippen molar-refractivity contribution in [3.63, 3.8) is 0 Å². The number of likely N-dealkylation sites (tertiary alicyclic amines) is 1. The third kappa shape index (κ3) is 4.53. The molecule has 2 atom stereocenters. The van der Waals surface area contributed by atoms with Crippen LogP contribution in [0.5, 0.6) is 0 Å². The summed E-state index contributed by atoms with van der Waals surface area (Å²) in [5, 5.41) is 0. The molecule has 3 rings (SSSR count). The van der Waals surface area contributed by atoms with Crippen molar-refractivity contribution < 1.29 is 14.3 Å². The Morgan fingerprint density at radius 2 is 1.92 bits per heavy atom. The lowest BCUT2D eigenvalue weighted by Gasteiger charge is -2.31. The lowest BCUT2D eigenvalue weighted by Crippen LogP contribution is -2.42. The number of esters is 1. The minimum Gasteiger partial charge on any atom is -0.465 e. The number of ether oxygens (including phenoxy) is 1. The number of hydrogen-bond acceptors (Lipinski definition) is 4. The maximum atomic E-state index is 12.4. The van der Waals surface area contributed by atoms with Crippen molar-refractivity contribution in [3.05, 3.63) is 30.3 Å². The quantitative estimate of drug-likeness (QED) is 0.771. The number of benzene rings is 1. The maximum Gasteiger partial charge on any atom is 0.310 e. The Hall–Kier alpha value is -2.04. The number of carbonyl (C=O) groups excluding carboxylic acids is 2. The molecule has 1 aromatic carbocycles. The smallest absolute Gasteiger partial charge is 0.310 e. The molecule has 2 fully saturated rings. The molecular formula is C20H28N2O3. The first-order valence-corrected chi connectivity index (χ1v) is 9.41. The Morgan fingerprint density at radius 1 is 1.12 bits per heavy atom. The highest BCUT2D eigenvalue weighted by molar-refractivity contribution is 5.78. The van der Waals surface area contributed by atoms with E-state index in [-0.39, 0.29) is 17.8 Å². The molecule has 0 bridgehead atoms. The summed E-state index contributed by atoms with van der Waals surface area (Å²) in [5.41, 5.74) is 1.23. The largest absolute Gasteiger partial charge is 0.465 e. The average Bonchev–Trinajstić information content (AvgIpc) is 3.15. The highest BCUT2D eigenvalue weighted by atomic mass is 16.5. The van der Waals surface area contributed by atoms with Gasteiger partial charge >= 0.3 is 5.97 Å². The minimum absolute atomic E-state index is 0.131. The van der Waals surface area contributed by atoms with Crippen LogP contribution in [-0.2, 0) is 14.3 Å². The van der Waals surface area contributed by atoms with Crippen molar-refractivity contribution in [1.29, 1.82) is 0 Å². The Bertz CT molecular complexity index is 590. The van der Waals surface area contributed by atoms with E-state index in [0.717, 1.165) is 38.9 Å². The van der Waals surface area contributed by atoms with Crippen LogP contribution in [-0.4, -0.2) is 49.6 Å². The van der Waals surface area contributed by atoms with Gasteiger partial charge in [-0.3, -0.25) is 9.59 Å². The van der Waals surface area contributed by atoms with Gasteiger partial charge in [-0.25, -0.2) is 0 Å². The number of amides is 1. The van der Waals surface area contributed by atoms with Gasteiger partial charge in [-0.05, 0) is 31.4 Å².